The second-order valence-corrected chi connectivity index (χ2v) is 7.40. The van der Waals surface area contributed by atoms with E-state index in [4.69, 9.17) is 4.74 Å². The zero-order chi connectivity index (χ0) is 16.3. The molecule has 0 saturated heterocycles. The third-order valence-corrected chi connectivity index (χ3v) is 3.97. The van der Waals surface area contributed by atoms with E-state index in [-0.39, 0.29) is 0 Å². The van der Waals surface area contributed by atoms with Gasteiger partial charge in [-0.25, -0.2) is 9.78 Å². The number of carbonyl (C=O) groups is 1. The van der Waals surface area contributed by atoms with Crippen LogP contribution >= 0.6 is 11.3 Å². The number of hydrogen-bond acceptors (Lipinski definition) is 4. The Kier molecular flexibility index (Phi) is 4.86. The number of amides is 1. The van der Waals surface area contributed by atoms with Gasteiger partial charge in [0, 0.05) is 6.42 Å². The van der Waals surface area contributed by atoms with Crippen molar-refractivity contribution in [3.05, 3.63) is 46.1 Å². The van der Waals surface area contributed by atoms with E-state index in [1.807, 2.05) is 33.8 Å². The highest BCUT2D eigenvalue weighted by Crippen LogP contribution is 2.26. The number of rotatable bonds is 3. The van der Waals surface area contributed by atoms with Crippen molar-refractivity contribution in [3.8, 4) is 0 Å². The van der Waals surface area contributed by atoms with Crippen LogP contribution in [0, 0.1) is 13.8 Å². The summed E-state index contributed by atoms with van der Waals surface area (Å²) in [5.41, 5.74) is 2.77. The molecule has 2 rings (SSSR count). The van der Waals surface area contributed by atoms with E-state index in [0.717, 1.165) is 22.1 Å². The van der Waals surface area contributed by atoms with E-state index in [9.17, 15) is 4.79 Å². The predicted octanol–water partition coefficient (Wildman–Crippen LogP) is 4.70. The first-order valence-corrected chi connectivity index (χ1v) is 8.06. The molecule has 0 bridgehead atoms. The zero-order valence-corrected chi connectivity index (χ0v) is 14.5. The van der Waals surface area contributed by atoms with Crippen LogP contribution in [0.2, 0.25) is 0 Å². The Labute approximate surface area is 135 Å². The van der Waals surface area contributed by atoms with Crippen LogP contribution in [-0.4, -0.2) is 16.7 Å². The number of hydrogen-bond donors (Lipinski definition) is 1. The summed E-state index contributed by atoms with van der Waals surface area (Å²) in [6, 6.07) is 8.36. The highest BCUT2D eigenvalue weighted by Gasteiger charge is 2.18. The number of benzene rings is 1. The van der Waals surface area contributed by atoms with Crippen LogP contribution in [0.15, 0.2) is 24.3 Å². The van der Waals surface area contributed by atoms with Gasteiger partial charge in [-0.1, -0.05) is 29.8 Å². The van der Waals surface area contributed by atoms with Crippen LogP contribution < -0.4 is 5.32 Å². The summed E-state index contributed by atoms with van der Waals surface area (Å²) in [6.45, 7) is 9.49. The smallest absolute Gasteiger partial charge is 0.412 e. The minimum Gasteiger partial charge on any atom is -0.444 e. The van der Waals surface area contributed by atoms with Gasteiger partial charge >= 0.3 is 6.09 Å². The van der Waals surface area contributed by atoms with Crippen LogP contribution in [0.3, 0.4) is 0 Å². The minimum atomic E-state index is -0.507. The molecule has 0 fully saturated rings. The quantitative estimate of drug-likeness (QED) is 0.892. The molecule has 0 radical (unpaired) electrons. The molecule has 1 amide bonds. The van der Waals surface area contributed by atoms with Gasteiger partial charge < -0.3 is 4.74 Å². The van der Waals surface area contributed by atoms with Crippen molar-refractivity contribution >= 4 is 22.4 Å². The molecule has 1 aromatic heterocycles. The number of nitrogens with zero attached hydrogens (tertiary/aromatic N) is 1. The molecule has 0 saturated carbocycles. The molecule has 2 aromatic rings. The number of aromatic nitrogens is 1. The molecule has 1 heterocycles. The van der Waals surface area contributed by atoms with E-state index in [2.05, 4.69) is 35.4 Å². The maximum absolute atomic E-state index is 11.8. The number of anilines is 1. The molecule has 0 aliphatic heterocycles. The Bertz CT molecular complexity index is 672. The standard InChI is InChI=1S/C17H22N2O2S/c1-11-7-6-8-13(9-11)10-14-18-12(2)15(22-14)19-16(20)21-17(3,4)5/h6-9H,10H2,1-5H3,(H,19,20). The summed E-state index contributed by atoms with van der Waals surface area (Å²) in [5.74, 6) is 0. The van der Waals surface area contributed by atoms with Gasteiger partial charge in [0.25, 0.3) is 0 Å². The Hall–Kier alpha value is -1.88. The van der Waals surface area contributed by atoms with Gasteiger partial charge in [-0.05, 0) is 40.2 Å². The molecule has 0 aliphatic rings. The lowest BCUT2D eigenvalue weighted by Gasteiger charge is -2.19. The van der Waals surface area contributed by atoms with E-state index >= 15 is 0 Å². The molecule has 118 valence electrons. The van der Waals surface area contributed by atoms with E-state index < -0.39 is 11.7 Å². The summed E-state index contributed by atoms with van der Waals surface area (Å²) >= 11 is 1.49. The first-order chi connectivity index (χ1) is 10.2. The fourth-order valence-electron chi connectivity index (χ4n) is 2.04. The van der Waals surface area contributed by atoms with Gasteiger partial charge in [0.2, 0.25) is 0 Å². The van der Waals surface area contributed by atoms with E-state index in [0.29, 0.717) is 0 Å². The average molecular weight is 318 g/mol. The maximum Gasteiger partial charge on any atom is 0.412 e. The Morgan fingerprint density at radius 1 is 1.32 bits per heavy atom. The summed E-state index contributed by atoms with van der Waals surface area (Å²) in [5, 5.41) is 4.51. The lowest BCUT2D eigenvalue weighted by molar-refractivity contribution is 0.0636. The van der Waals surface area contributed by atoms with Crippen LogP contribution in [0.4, 0.5) is 9.80 Å². The predicted molar refractivity (Wildman–Crippen MR) is 90.7 cm³/mol. The largest absolute Gasteiger partial charge is 0.444 e. The number of carbonyl (C=O) groups excluding carboxylic acids is 1. The highest BCUT2D eigenvalue weighted by molar-refractivity contribution is 7.16. The molecule has 22 heavy (non-hydrogen) atoms. The number of thiazole rings is 1. The summed E-state index contributed by atoms with van der Waals surface area (Å²) in [4.78, 5) is 16.4. The van der Waals surface area contributed by atoms with Crippen LogP contribution in [-0.2, 0) is 11.2 Å². The molecular weight excluding hydrogens is 296 g/mol. The minimum absolute atomic E-state index is 0.443. The monoisotopic (exact) mass is 318 g/mol. The summed E-state index contributed by atoms with van der Waals surface area (Å²) < 4.78 is 5.27. The van der Waals surface area contributed by atoms with Crippen molar-refractivity contribution in [2.24, 2.45) is 0 Å². The lowest BCUT2D eigenvalue weighted by atomic mass is 10.1. The molecule has 0 aliphatic carbocycles. The fraction of sp³-hybridized carbons (Fsp3) is 0.412. The second-order valence-electron chi connectivity index (χ2n) is 6.31. The van der Waals surface area contributed by atoms with Crippen LogP contribution in [0.5, 0.6) is 0 Å². The van der Waals surface area contributed by atoms with Crippen molar-refractivity contribution in [1.29, 1.82) is 0 Å². The molecule has 4 nitrogen and oxygen atoms in total. The fourth-order valence-corrected chi connectivity index (χ4v) is 3.02. The van der Waals surface area contributed by atoms with Gasteiger partial charge in [-0.2, -0.15) is 0 Å². The molecule has 5 heteroatoms. The zero-order valence-electron chi connectivity index (χ0n) is 13.7. The first kappa shape index (κ1) is 16.5. The van der Waals surface area contributed by atoms with Crippen molar-refractivity contribution in [1.82, 2.24) is 4.98 Å². The van der Waals surface area contributed by atoms with Gasteiger partial charge in [0.1, 0.15) is 10.6 Å². The van der Waals surface area contributed by atoms with Crippen molar-refractivity contribution in [3.63, 3.8) is 0 Å². The molecular formula is C17H22N2O2S. The number of ether oxygens (including phenoxy) is 1. The summed E-state index contributed by atoms with van der Waals surface area (Å²) in [6.07, 6.45) is 0.324. The van der Waals surface area contributed by atoms with Gasteiger partial charge in [-0.15, -0.1) is 11.3 Å². The Morgan fingerprint density at radius 3 is 2.68 bits per heavy atom. The van der Waals surface area contributed by atoms with Crippen molar-refractivity contribution in [2.45, 2.75) is 46.6 Å². The normalized spacial score (nSPS) is 11.3. The van der Waals surface area contributed by atoms with Crippen LogP contribution in [0.25, 0.3) is 0 Å². The Balaban J connectivity index is 2.06. The third kappa shape index (κ3) is 4.84. The van der Waals surface area contributed by atoms with Gasteiger partial charge in [0.15, 0.2) is 0 Å². The molecule has 0 unspecified atom stereocenters. The van der Waals surface area contributed by atoms with Crippen LogP contribution in [0.1, 0.15) is 42.6 Å². The third-order valence-electron chi connectivity index (χ3n) is 2.89. The highest BCUT2D eigenvalue weighted by atomic mass is 32.1. The molecule has 1 aromatic carbocycles. The Morgan fingerprint density at radius 2 is 2.05 bits per heavy atom. The van der Waals surface area contributed by atoms with E-state index in [1.54, 1.807) is 0 Å². The van der Waals surface area contributed by atoms with Gasteiger partial charge in [-0.3, -0.25) is 5.32 Å². The second kappa shape index (κ2) is 6.48. The van der Waals surface area contributed by atoms with Gasteiger partial charge in [0.05, 0.1) is 10.7 Å². The first-order valence-electron chi connectivity index (χ1n) is 7.25. The van der Waals surface area contributed by atoms with E-state index in [1.165, 1.54) is 22.5 Å². The SMILES string of the molecule is Cc1cccc(Cc2nc(C)c(NC(=O)OC(C)(C)C)s2)c1. The average Bonchev–Trinajstić information content (AvgIpc) is 2.67. The maximum atomic E-state index is 11.8. The molecule has 0 spiro atoms. The lowest BCUT2D eigenvalue weighted by Crippen LogP contribution is -2.27. The molecule has 1 N–H and O–H groups in total. The van der Waals surface area contributed by atoms with Crippen molar-refractivity contribution in [2.75, 3.05) is 5.32 Å². The van der Waals surface area contributed by atoms with Crippen molar-refractivity contribution < 1.29 is 9.53 Å². The topological polar surface area (TPSA) is 51.2 Å². The number of nitrogens with one attached hydrogen (secondary N) is 1. The number of aryl methyl sites for hydroxylation is 2. The summed E-state index contributed by atoms with van der Waals surface area (Å²) in [7, 11) is 0. The molecule has 0 atom stereocenters.